The van der Waals surface area contributed by atoms with Crippen LogP contribution in [0, 0.1) is 11.3 Å². The Morgan fingerprint density at radius 1 is 1.26 bits per heavy atom. The van der Waals surface area contributed by atoms with Gasteiger partial charge in [-0.05, 0) is 37.2 Å². The minimum absolute atomic E-state index is 0.139. The van der Waals surface area contributed by atoms with Crippen LogP contribution < -0.4 is 10.2 Å². The molecule has 2 N–H and O–H groups in total. The van der Waals surface area contributed by atoms with Crippen molar-refractivity contribution in [1.29, 1.82) is 5.26 Å². The van der Waals surface area contributed by atoms with Crippen LogP contribution in [0.4, 0.5) is 0 Å². The smallest absolute Gasteiger partial charge is 0.305 e. The second-order valence-electron chi connectivity index (χ2n) is 6.84. The predicted molar refractivity (Wildman–Crippen MR) is 108 cm³/mol. The number of methoxy groups -OCH3 is 1. The number of hydrogen-bond donors (Lipinski definition) is 2. The summed E-state index contributed by atoms with van der Waals surface area (Å²) in [7, 11) is 1.42. The first-order valence-electron chi connectivity index (χ1n) is 9.54. The van der Waals surface area contributed by atoms with Crippen LogP contribution in [-0.4, -0.2) is 55.8 Å². The van der Waals surface area contributed by atoms with Crippen LogP contribution in [-0.2, 0) is 16.1 Å². The molecule has 27 heavy (non-hydrogen) atoms. The van der Waals surface area contributed by atoms with Crippen LogP contribution in [0.1, 0.15) is 36.8 Å². The van der Waals surface area contributed by atoms with Gasteiger partial charge >= 0.3 is 5.97 Å². The van der Waals surface area contributed by atoms with Crippen molar-refractivity contribution in [3.8, 4) is 6.07 Å². The van der Waals surface area contributed by atoms with Gasteiger partial charge < -0.3 is 19.9 Å². The first-order chi connectivity index (χ1) is 13.1. The van der Waals surface area contributed by atoms with Gasteiger partial charge in [-0.1, -0.05) is 18.6 Å². The molecule has 0 aliphatic carbocycles. The van der Waals surface area contributed by atoms with Gasteiger partial charge in [-0.2, -0.15) is 5.26 Å². The molecule has 1 aliphatic heterocycles. The van der Waals surface area contributed by atoms with E-state index in [1.54, 1.807) is 4.90 Å². The highest BCUT2D eigenvalue weighted by Crippen LogP contribution is 2.03. The van der Waals surface area contributed by atoms with Gasteiger partial charge in [0, 0.05) is 18.5 Å². The van der Waals surface area contributed by atoms with E-state index < -0.39 is 0 Å². The van der Waals surface area contributed by atoms with E-state index >= 15 is 0 Å². The number of quaternary nitrogens is 1. The van der Waals surface area contributed by atoms with Gasteiger partial charge in [0.1, 0.15) is 6.54 Å². The largest absolute Gasteiger partial charge is 0.469 e. The lowest BCUT2D eigenvalue weighted by Crippen LogP contribution is -3.13. The molecule has 0 radical (unpaired) electrons. The summed E-state index contributed by atoms with van der Waals surface area (Å²) in [6, 6.07) is 10.0. The Morgan fingerprint density at radius 2 is 1.96 bits per heavy atom. The molecule has 2 rings (SSSR count). The van der Waals surface area contributed by atoms with Gasteiger partial charge in [0.2, 0.25) is 0 Å². The molecule has 0 amide bonds. The van der Waals surface area contributed by atoms with Gasteiger partial charge in [0.05, 0.1) is 44.9 Å². The van der Waals surface area contributed by atoms with Gasteiger partial charge in [0.15, 0.2) is 5.11 Å². The third-order valence-corrected chi connectivity index (χ3v) is 5.26. The van der Waals surface area contributed by atoms with Crippen LogP contribution in [0.3, 0.4) is 0 Å². The molecule has 1 fully saturated rings. The third-order valence-electron chi connectivity index (χ3n) is 4.86. The number of benzene rings is 1. The number of nitrogens with zero attached hydrogens (tertiary/aromatic N) is 2. The van der Waals surface area contributed by atoms with Crippen LogP contribution in [0.5, 0.6) is 0 Å². The maximum absolute atomic E-state index is 11.0. The monoisotopic (exact) mass is 389 g/mol. The number of carbonyl (C=O) groups excluding carboxylic acids is 1. The average Bonchev–Trinajstić information content (AvgIpc) is 2.71. The summed E-state index contributed by atoms with van der Waals surface area (Å²) in [6.07, 6.45) is 3.34. The van der Waals surface area contributed by atoms with Crippen LogP contribution in [0.25, 0.3) is 0 Å². The van der Waals surface area contributed by atoms with Crippen molar-refractivity contribution >= 4 is 23.3 Å². The Kier molecular flexibility index (Phi) is 9.02. The number of rotatable bonds is 8. The van der Waals surface area contributed by atoms with Crippen molar-refractivity contribution in [2.75, 3.05) is 39.8 Å². The molecular formula is C20H29N4O2S+. The standard InChI is InChI=1S/C20H28N4O2S/c1-26-19(25)5-3-2-4-10-22-20(27)24-13-11-23(12-14-24)16-18-8-6-17(15-21)7-9-18/h6-9H,2-5,10-14,16H2,1H3,(H,22,27)/p+1. The molecule has 0 bridgehead atoms. The van der Waals surface area contributed by atoms with E-state index in [2.05, 4.69) is 21.0 Å². The molecule has 7 heteroatoms. The fraction of sp³-hybridized carbons (Fsp3) is 0.550. The van der Waals surface area contributed by atoms with E-state index in [1.807, 2.05) is 24.3 Å². The van der Waals surface area contributed by atoms with Crippen molar-refractivity contribution < 1.29 is 14.4 Å². The van der Waals surface area contributed by atoms with Crippen molar-refractivity contribution in [2.24, 2.45) is 0 Å². The lowest BCUT2D eigenvalue weighted by Gasteiger charge is -2.34. The molecule has 0 aromatic heterocycles. The SMILES string of the molecule is COC(=O)CCCCCNC(=S)N1CC[NH+](Cc2ccc(C#N)cc2)CC1. The highest BCUT2D eigenvalue weighted by atomic mass is 32.1. The molecule has 1 aliphatic rings. The normalized spacial score (nSPS) is 14.4. The highest BCUT2D eigenvalue weighted by molar-refractivity contribution is 7.80. The molecule has 146 valence electrons. The highest BCUT2D eigenvalue weighted by Gasteiger charge is 2.21. The number of unbranched alkanes of at least 4 members (excludes halogenated alkanes) is 2. The number of nitrogens with one attached hydrogen (secondary N) is 2. The van der Waals surface area contributed by atoms with E-state index in [1.165, 1.54) is 12.7 Å². The Morgan fingerprint density at radius 3 is 2.59 bits per heavy atom. The van der Waals surface area contributed by atoms with Crippen LogP contribution in [0.15, 0.2) is 24.3 Å². The molecule has 0 atom stereocenters. The maximum Gasteiger partial charge on any atom is 0.305 e. The number of piperazine rings is 1. The summed E-state index contributed by atoms with van der Waals surface area (Å²) in [5, 5.41) is 13.0. The number of hydrogen-bond acceptors (Lipinski definition) is 4. The van der Waals surface area contributed by atoms with Crippen molar-refractivity contribution in [3.63, 3.8) is 0 Å². The summed E-state index contributed by atoms with van der Waals surface area (Å²) in [6.45, 7) is 5.86. The second-order valence-corrected chi connectivity index (χ2v) is 7.23. The predicted octanol–water partition coefficient (Wildman–Crippen LogP) is 0.867. The third kappa shape index (κ3) is 7.53. The number of carbonyl (C=O) groups is 1. The molecule has 0 saturated carbocycles. The molecule has 0 spiro atoms. The molecule has 1 aromatic carbocycles. The number of thiocarbonyl (C=S) groups is 1. The quantitative estimate of drug-likeness (QED) is 0.391. The average molecular weight is 390 g/mol. The summed E-state index contributed by atoms with van der Waals surface area (Å²) in [5.74, 6) is -0.139. The topological polar surface area (TPSA) is 69.8 Å². The van der Waals surface area contributed by atoms with Gasteiger partial charge in [-0.3, -0.25) is 4.79 Å². The molecule has 6 nitrogen and oxygen atoms in total. The van der Waals surface area contributed by atoms with E-state index in [4.69, 9.17) is 17.5 Å². The fourth-order valence-corrected chi connectivity index (χ4v) is 3.45. The minimum atomic E-state index is -0.139. The molecule has 1 aromatic rings. The summed E-state index contributed by atoms with van der Waals surface area (Å²) >= 11 is 5.51. The van der Waals surface area contributed by atoms with Crippen molar-refractivity contribution in [2.45, 2.75) is 32.2 Å². The van der Waals surface area contributed by atoms with E-state index in [0.29, 0.717) is 12.0 Å². The van der Waals surface area contributed by atoms with Gasteiger partial charge in [-0.25, -0.2) is 0 Å². The van der Waals surface area contributed by atoms with E-state index in [-0.39, 0.29) is 5.97 Å². The summed E-state index contributed by atoms with van der Waals surface area (Å²) in [4.78, 5) is 14.8. The number of ether oxygens (including phenoxy) is 1. The zero-order valence-corrected chi connectivity index (χ0v) is 16.8. The lowest BCUT2D eigenvalue weighted by atomic mass is 10.1. The van der Waals surface area contributed by atoms with Gasteiger partial charge in [-0.15, -0.1) is 0 Å². The Balaban J connectivity index is 1.59. The Labute approximate surface area is 167 Å². The van der Waals surface area contributed by atoms with Crippen molar-refractivity contribution in [3.05, 3.63) is 35.4 Å². The minimum Gasteiger partial charge on any atom is -0.469 e. The van der Waals surface area contributed by atoms with Crippen LogP contribution >= 0.6 is 12.2 Å². The zero-order chi connectivity index (χ0) is 19.5. The Hall–Kier alpha value is -2.17. The summed E-state index contributed by atoms with van der Waals surface area (Å²) < 4.78 is 4.63. The number of nitriles is 1. The van der Waals surface area contributed by atoms with Gasteiger partial charge in [0.25, 0.3) is 0 Å². The molecule has 1 saturated heterocycles. The molecule has 1 heterocycles. The maximum atomic E-state index is 11.0. The summed E-state index contributed by atoms with van der Waals surface area (Å²) in [5.41, 5.74) is 1.98. The number of esters is 1. The van der Waals surface area contributed by atoms with E-state index in [9.17, 15) is 4.79 Å². The first kappa shape index (κ1) is 21.1. The second kappa shape index (κ2) is 11.5. The van der Waals surface area contributed by atoms with Crippen LogP contribution in [0.2, 0.25) is 0 Å². The van der Waals surface area contributed by atoms with E-state index in [0.717, 1.165) is 63.6 Å². The molecule has 0 unspecified atom stereocenters. The molecular weight excluding hydrogens is 360 g/mol. The zero-order valence-electron chi connectivity index (χ0n) is 16.0. The first-order valence-corrected chi connectivity index (χ1v) is 9.95. The fourth-order valence-electron chi connectivity index (χ4n) is 3.17. The Bertz CT molecular complexity index is 649. The van der Waals surface area contributed by atoms with Crippen molar-refractivity contribution in [1.82, 2.24) is 10.2 Å². The lowest BCUT2D eigenvalue weighted by molar-refractivity contribution is -0.917.